The summed E-state index contributed by atoms with van der Waals surface area (Å²) in [6, 6.07) is 0.539. The molecule has 1 aromatic heterocycles. The molecule has 0 fully saturated rings. The van der Waals surface area contributed by atoms with Crippen LogP contribution in [0.1, 0.15) is 45.3 Å². The molecule has 2 atom stereocenters. The molecule has 0 radical (unpaired) electrons. The molecule has 1 heterocycles. The van der Waals surface area contributed by atoms with E-state index in [4.69, 9.17) is 0 Å². The summed E-state index contributed by atoms with van der Waals surface area (Å²) in [6.45, 7) is 15.3. The molecule has 0 amide bonds. The fraction of sp³-hybridized carbons (Fsp3) is 0.800. The summed E-state index contributed by atoms with van der Waals surface area (Å²) in [6.07, 6.45) is 0. The van der Waals surface area contributed by atoms with Crippen LogP contribution in [0, 0.1) is 12.8 Å². The van der Waals surface area contributed by atoms with Gasteiger partial charge in [-0.25, -0.2) is 4.98 Å². The van der Waals surface area contributed by atoms with E-state index in [-0.39, 0.29) is 5.54 Å². The second-order valence-electron chi connectivity index (χ2n) is 6.62. The molecule has 0 bridgehead atoms. The van der Waals surface area contributed by atoms with Gasteiger partial charge < -0.3 is 5.32 Å². The fourth-order valence-electron chi connectivity index (χ4n) is 1.95. The molecule has 0 saturated heterocycles. The van der Waals surface area contributed by atoms with Gasteiger partial charge in [-0.1, -0.05) is 6.92 Å². The second kappa shape index (κ2) is 6.82. The van der Waals surface area contributed by atoms with Crippen molar-refractivity contribution in [2.24, 2.45) is 5.92 Å². The van der Waals surface area contributed by atoms with Crippen molar-refractivity contribution in [1.29, 1.82) is 0 Å². The third kappa shape index (κ3) is 6.02. The number of thiazole rings is 1. The highest BCUT2D eigenvalue weighted by Crippen LogP contribution is 2.15. The van der Waals surface area contributed by atoms with E-state index in [1.165, 1.54) is 5.69 Å². The van der Waals surface area contributed by atoms with Crippen LogP contribution < -0.4 is 5.32 Å². The summed E-state index contributed by atoms with van der Waals surface area (Å²) >= 11 is 1.73. The van der Waals surface area contributed by atoms with Gasteiger partial charge in [0, 0.05) is 23.5 Å². The van der Waals surface area contributed by atoms with Crippen LogP contribution in [0.15, 0.2) is 5.38 Å². The predicted molar refractivity (Wildman–Crippen MR) is 84.7 cm³/mol. The molecule has 0 aliphatic carbocycles. The third-order valence-electron chi connectivity index (χ3n) is 3.55. The molecule has 1 aromatic rings. The van der Waals surface area contributed by atoms with E-state index >= 15 is 0 Å². The summed E-state index contributed by atoms with van der Waals surface area (Å²) < 4.78 is 0. The predicted octanol–water partition coefficient (Wildman–Crippen LogP) is 3.30. The maximum Gasteiger partial charge on any atom is 0.0897 e. The molecule has 0 saturated carbocycles. The molecule has 19 heavy (non-hydrogen) atoms. The minimum absolute atomic E-state index is 0.193. The van der Waals surface area contributed by atoms with Gasteiger partial charge in [-0.3, -0.25) is 4.90 Å². The lowest BCUT2D eigenvalue weighted by Crippen LogP contribution is -2.44. The number of rotatable bonds is 6. The number of nitrogens with one attached hydrogen (secondary N) is 1. The SMILES string of the molecule is Cc1nc(CN(C)C(C)C(C)CNC(C)(C)C)cs1. The zero-order valence-electron chi connectivity index (χ0n) is 13.4. The average Bonchev–Trinajstić information content (AvgIpc) is 2.69. The van der Waals surface area contributed by atoms with Crippen molar-refractivity contribution < 1.29 is 0 Å². The molecule has 0 aliphatic heterocycles. The van der Waals surface area contributed by atoms with Crippen molar-refractivity contribution in [2.75, 3.05) is 13.6 Å². The summed E-state index contributed by atoms with van der Waals surface area (Å²) in [5.41, 5.74) is 1.38. The Morgan fingerprint density at radius 3 is 2.47 bits per heavy atom. The van der Waals surface area contributed by atoms with E-state index < -0.39 is 0 Å². The van der Waals surface area contributed by atoms with E-state index in [1.807, 2.05) is 0 Å². The average molecular weight is 283 g/mol. The van der Waals surface area contributed by atoms with Gasteiger partial charge in [0.25, 0.3) is 0 Å². The van der Waals surface area contributed by atoms with Crippen LogP contribution in [0.4, 0.5) is 0 Å². The Balaban J connectivity index is 2.44. The standard InChI is InChI=1S/C15H29N3S/c1-11(8-16-15(4,5)6)12(2)18(7)9-14-10-19-13(3)17-14/h10-12,16H,8-9H2,1-7H3. The number of nitrogens with zero attached hydrogens (tertiary/aromatic N) is 2. The number of aryl methyl sites for hydroxylation is 1. The van der Waals surface area contributed by atoms with Crippen LogP contribution in [0.3, 0.4) is 0 Å². The van der Waals surface area contributed by atoms with Gasteiger partial charge in [0.05, 0.1) is 10.7 Å². The molecule has 0 spiro atoms. The maximum atomic E-state index is 4.54. The molecule has 0 aliphatic rings. The minimum atomic E-state index is 0.193. The van der Waals surface area contributed by atoms with E-state index in [9.17, 15) is 0 Å². The Morgan fingerprint density at radius 2 is 2.00 bits per heavy atom. The number of aromatic nitrogens is 1. The molecule has 110 valence electrons. The minimum Gasteiger partial charge on any atom is -0.312 e. The van der Waals surface area contributed by atoms with Crippen LogP contribution in [0.2, 0.25) is 0 Å². The lowest BCUT2D eigenvalue weighted by atomic mass is 10.00. The van der Waals surface area contributed by atoms with Crippen molar-refractivity contribution in [3.05, 3.63) is 16.1 Å². The van der Waals surface area contributed by atoms with Crippen molar-refractivity contribution in [3.8, 4) is 0 Å². The molecule has 4 heteroatoms. The Labute approximate surface area is 122 Å². The number of hydrogen-bond donors (Lipinski definition) is 1. The Kier molecular flexibility index (Phi) is 5.96. The van der Waals surface area contributed by atoms with Crippen LogP contribution in [-0.4, -0.2) is 35.1 Å². The van der Waals surface area contributed by atoms with Crippen LogP contribution in [0.25, 0.3) is 0 Å². The quantitative estimate of drug-likeness (QED) is 0.868. The zero-order chi connectivity index (χ0) is 14.6. The van der Waals surface area contributed by atoms with E-state index in [2.05, 4.69) is 69.2 Å². The monoisotopic (exact) mass is 283 g/mol. The zero-order valence-corrected chi connectivity index (χ0v) is 14.3. The smallest absolute Gasteiger partial charge is 0.0897 e. The van der Waals surface area contributed by atoms with Crippen LogP contribution >= 0.6 is 11.3 Å². The summed E-state index contributed by atoms with van der Waals surface area (Å²) in [7, 11) is 2.19. The maximum absolute atomic E-state index is 4.54. The lowest BCUT2D eigenvalue weighted by Gasteiger charge is -2.32. The van der Waals surface area contributed by atoms with Crippen molar-refractivity contribution in [2.45, 2.75) is 59.7 Å². The third-order valence-corrected chi connectivity index (χ3v) is 4.37. The topological polar surface area (TPSA) is 28.2 Å². The largest absolute Gasteiger partial charge is 0.312 e. The molecule has 2 unspecified atom stereocenters. The van der Waals surface area contributed by atoms with Crippen LogP contribution in [0.5, 0.6) is 0 Å². The normalized spacial score (nSPS) is 15.8. The van der Waals surface area contributed by atoms with E-state index in [0.717, 1.165) is 18.1 Å². The molecule has 1 N–H and O–H groups in total. The highest BCUT2D eigenvalue weighted by Gasteiger charge is 2.19. The Morgan fingerprint density at radius 1 is 1.37 bits per heavy atom. The molecular weight excluding hydrogens is 254 g/mol. The van der Waals surface area contributed by atoms with E-state index in [0.29, 0.717) is 12.0 Å². The van der Waals surface area contributed by atoms with Crippen molar-refractivity contribution in [3.63, 3.8) is 0 Å². The van der Waals surface area contributed by atoms with Crippen LogP contribution in [-0.2, 0) is 6.54 Å². The molecular formula is C15H29N3S. The molecule has 3 nitrogen and oxygen atoms in total. The van der Waals surface area contributed by atoms with E-state index in [1.54, 1.807) is 11.3 Å². The summed E-state index contributed by atoms with van der Waals surface area (Å²) in [5.74, 6) is 0.615. The molecule has 1 rings (SSSR count). The fourth-order valence-corrected chi connectivity index (χ4v) is 2.56. The van der Waals surface area contributed by atoms with Gasteiger partial charge in [0.15, 0.2) is 0 Å². The Hall–Kier alpha value is -0.450. The van der Waals surface area contributed by atoms with Gasteiger partial charge in [-0.2, -0.15) is 0 Å². The van der Waals surface area contributed by atoms with Gasteiger partial charge in [-0.15, -0.1) is 11.3 Å². The first-order valence-corrected chi connectivity index (χ1v) is 7.93. The van der Waals surface area contributed by atoms with Crippen molar-refractivity contribution >= 4 is 11.3 Å². The highest BCUT2D eigenvalue weighted by atomic mass is 32.1. The highest BCUT2D eigenvalue weighted by molar-refractivity contribution is 7.09. The lowest BCUT2D eigenvalue weighted by molar-refractivity contribution is 0.180. The molecule has 0 aromatic carbocycles. The first-order valence-electron chi connectivity index (χ1n) is 7.05. The van der Waals surface area contributed by atoms with Gasteiger partial charge in [-0.05, 0) is 54.1 Å². The number of hydrogen-bond acceptors (Lipinski definition) is 4. The van der Waals surface area contributed by atoms with Gasteiger partial charge in [0.1, 0.15) is 0 Å². The van der Waals surface area contributed by atoms with Gasteiger partial charge >= 0.3 is 0 Å². The summed E-state index contributed by atoms with van der Waals surface area (Å²) in [5, 5.41) is 6.90. The first-order chi connectivity index (χ1) is 8.69. The Bertz CT molecular complexity index is 381. The summed E-state index contributed by atoms with van der Waals surface area (Å²) in [4.78, 5) is 6.93. The second-order valence-corrected chi connectivity index (χ2v) is 7.68. The first kappa shape index (κ1) is 16.6. The van der Waals surface area contributed by atoms with Gasteiger partial charge in [0.2, 0.25) is 0 Å². The van der Waals surface area contributed by atoms with Crippen molar-refractivity contribution in [1.82, 2.24) is 15.2 Å².